The number of carbonyl (C=O) groups is 1. The average molecular weight is 468 g/mol. The van der Waals surface area contributed by atoms with Crippen LogP contribution in [0.1, 0.15) is 24.4 Å². The third-order valence-corrected chi connectivity index (χ3v) is 7.35. The van der Waals surface area contributed by atoms with Crippen molar-refractivity contribution in [3.8, 4) is 0 Å². The van der Waals surface area contributed by atoms with E-state index in [-0.39, 0.29) is 11.6 Å². The molecule has 174 valence electrons. The van der Waals surface area contributed by atoms with Crippen LogP contribution in [-0.4, -0.2) is 82.5 Å². The summed E-state index contributed by atoms with van der Waals surface area (Å²) >= 11 is 6.13. The summed E-state index contributed by atoms with van der Waals surface area (Å²) in [7, 11) is 2.18. The topological polar surface area (TPSA) is 64.6 Å². The van der Waals surface area contributed by atoms with Crippen molar-refractivity contribution in [1.82, 2.24) is 24.3 Å². The number of carbonyl (C=O) groups excluding carboxylic acids is 1. The van der Waals surface area contributed by atoms with Gasteiger partial charge in [0.2, 0.25) is 0 Å². The fraction of sp³-hybridized carbons (Fsp3) is 0.440. The first-order valence-corrected chi connectivity index (χ1v) is 12.0. The SMILES string of the molecule is CN1CCC(N2CCN(C(=O)C(c3ccccc3)n3c(=O)[nH]c4cc(Cl)ccc43)CC2)CC1. The largest absolute Gasteiger partial charge is 0.338 e. The van der Waals surface area contributed by atoms with Crippen LogP contribution in [0, 0.1) is 0 Å². The van der Waals surface area contributed by atoms with Gasteiger partial charge in [-0.25, -0.2) is 4.79 Å². The lowest BCUT2D eigenvalue weighted by Gasteiger charge is -2.42. The quantitative estimate of drug-likeness (QED) is 0.641. The van der Waals surface area contributed by atoms with Crippen molar-refractivity contribution in [3.05, 3.63) is 69.6 Å². The molecule has 5 rings (SSSR count). The molecule has 1 unspecified atom stereocenters. The summed E-state index contributed by atoms with van der Waals surface area (Å²) < 4.78 is 1.58. The number of nitrogens with one attached hydrogen (secondary N) is 1. The molecule has 0 radical (unpaired) electrons. The average Bonchev–Trinajstić information content (AvgIpc) is 3.15. The van der Waals surface area contributed by atoms with Crippen molar-refractivity contribution >= 4 is 28.5 Å². The molecule has 2 saturated heterocycles. The molecule has 2 aliphatic rings. The smallest absolute Gasteiger partial charge is 0.327 e. The molecule has 2 aliphatic heterocycles. The number of imidazole rings is 1. The second kappa shape index (κ2) is 9.33. The molecule has 1 amide bonds. The number of fused-ring (bicyclic) bond motifs is 1. The summed E-state index contributed by atoms with van der Waals surface area (Å²) in [5.41, 5.74) is 1.81. The summed E-state index contributed by atoms with van der Waals surface area (Å²) in [5, 5.41) is 0.545. The van der Waals surface area contributed by atoms with Crippen LogP contribution in [0.5, 0.6) is 0 Å². The number of amides is 1. The van der Waals surface area contributed by atoms with Crippen LogP contribution in [0.4, 0.5) is 0 Å². The Labute approximate surface area is 198 Å². The Bertz CT molecular complexity index is 1170. The number of aromatic nitrogens is 2. The molecular formula is C25H30ClN5O2. The van der Waals surface area contributed by atoms with Crippen molar-refractivity contribution in [2.24, 2.45) is 0 Å². The van der Waals surface area contributed by atoms with Gasteiger partial charge in [-0.15, -0.1) is 0 Å². The van der Waals surface area contributed by atoms with Gasteiger partial charge >= 0.3 is 5.69 Å². The van der Waals surface area contributed by atoms with Crippen molar-refractivity contribution in [2.45, 2.75) is 24.9 Å². The minimum Gasteiger partial charge on any atom is -0.338 e. The third-order valence-electron chi connectivity index (χ3n) is 7.12. The first-order chi connectivity index (χ1) is 16.0. The Kier molecular flexibility index (Phi) is 6.27. The summed E-state index contributed by atoms with van der Waals surface area (Å²) in [6, 6.07) is 14.7. The van der Waals surface area contributed by atoms with Crippen molar-refractivity contribution in [2.75, 3.05) is 46.3 Å². The summed E-state index contributed by atoms with van der Waals surface area (Å²) in [5.74, 6) is -0.0397. The van der Waals surface area contributed by atoms with E-state index >= 15 is 0 Å². The van der Waals surface area contributed by atoms with Crippen molar-refractivity contribution < 1.29 is 4.79 Å². The monoisotopic (exact) mass is 467 g/mol. The lowest BCUT2D eigenvalue weighted by Crippen LogP contribution is -2.55. The van der Waals surface area contributed by atoms with Crippen LogP contribution in [-0.2, 0) is 4.79 Å². The molecule has 0 bridgehead atoms. The summed E-state index contributed by atoms with van der Waals surface area (Å²) in [6.07, 6.45) is 2.37. The number of piperidine rings is 1. The van der Waals surface area contributed by atoms with Gasteiger partial charge in [-0.1, -0.05) is 41.9 Å². The number of nitrogens with zero attached hydrogens (tertiary/aromatic N) is 4. The van der Waals surface area contributed by atoms with Crippen LogP contribution in [0.2, 0.25) is 5.02 Å². The lowest BCUT2D eigenvalue weighted by atomic mass is 10.0. The fourth-order valence-corrected chi connectivity index (χ4v) is 5.41. The molecule has 0 aliphatic carbocycles. The normalized spacial score (nSPS) is 19.8. The molecule has 3 aromatic rings. The Balaban J connectivity index is 1.41. The van der Waals surface area contributed by atoms with Gasteiger partial charge in [0, 0.05) is 37.2 Å². The second-order valence-electron chi connectivity index (χ2n) is 9.17. The van der Waals surface area contributed by atoms with Crippen LogP contribution in [0.3, 0.4) is 0 Å². The Morgan fingerprint density at radius 2 is 1.70 bits per heavy atom. The molecular weight excluding hydrogens is 438 g/mol. The van der Waals surface area contributed by atoms with Crippen LogP contribution in [0.15, 0.2) is 53.3 Å². The first-order valence-electron chi connectivity index (χ1n) is 11.7. The molecule has 3 heterocycles. The van der Waals surface area contributed by atoms with Gasteiger partial charge in [-0.05, 0) is 56.7 Å². The molecule has 33 heavy (non-hydrogen) atoms. The number of halogens is 1. The van der Waals surface area contributed by atoms with Crippen LogP contribution >= 0.6 is 11.6 Å². The zero-order chi connectivity index (χ0) is 22.9. The number of hydrogen-bond donors (Lipinski definition) is 1. The number of benzene rings is 2. The maximum atomic E-state index is 13.9. The number of H-pyrrole nitrogens is 1. The van der Waals surface area contributed by atoms with Gasteiger partial charge in [-0.2, -0.15) is 0 Å². The van der Waals surface area contributed by atoms with E-state index in [9.17, 15) is 9.59 Å². The van der Waals surface area contributed by atoms with Crippen molar-refractivity contribution in [3.63, 3.8) is 0 Å². The Hall–Kier alpha value is -2.61. The molecule has 0 saturated carbocycles. The summed E-state index contributed by atoms with van der Waals surface area (Å²) in [6.45, 7) is 5.37. The van der Waals surface area contributed by atoms with E-state index in [1.54, 1.807) is 22.8 Å². The highest BCUT2D eigenvalue weighted by molar-refractivity contribution is 6.31. The molecule has 7 nitrogen and oxygen atoms in total. The lowest BCUT2D eigenvalue weighted by molar-refractivity contribution is -0.135. The number of aromatic amines is 1. The number of likely N-dealkylation sites (tertiary alicyclic amines) is 1. The zero-order valence-electron chi connectivity index (χ0n) is 18.9. The van der Waals surface area contributed by atoms with Gasteiger partial charge in [0.1, 0.15) is 6.04 Å². The fourth-order valence-electron chi connectivity index (χ4n) is 5.24. The molecule has 2 fully saturated rings. The third kappa shape index (κ3) is 4.45. The number of hydrogen-bond acceptors (Lipinski definition) is 4. The van der Waals surface area contributed by atoms with E-state index in [0.29, 0.717) is 35.2 Å². The van der Waals surface area contributed by atoms with Gasteiger partial charge in [-0.3, -0.25) is 14.3 Å². The highest BCUT2D eigenvalue weighted by Crippen LogP contribution is 2.26. The second-order valence-corrected chi connectivity index (χ2v) is 9.61. The summed E-state index contributed by atoms with van der Waals surface area (Å²) in [4.78, 5) is 36.6. The van der Waals surface area contributed by atoms with Crippen LogP contribution < -0.4 is 5.69 Å². The van der Waals surface area contributed by atoms with Gasteiger partial charge in [0.25, 0.3) is 5.91 Å². The number of rotatable bonds is 4. The van der Waals surface area contributed by atoms with Crippen molar-refractivity contribution in [1.29, 1.82) is 0 Å². The zero-order valence-corrected chi connectivity index (χ0v) is 19.7. The molecule has 0 spiro atoms. The Morgan fingerprint density at radius 3 is 2.39 bits per heavy atom. The predicted octanol–water partition coefficient (Wildman–Crippen LogP) is 2.81. The number of piperazine rings is 1. The maximum absolute atomic E-state index is 13.9. The van der Waals surface area contributed by atoms with E-state index in [0.717, 1.165) is 31.7 Å². The van der Waals surface area contributed by atoms with E-state index < -0.39 is 6.04 Å². The van der Waals surface area contributed by atoms with E-state index in [1.165, 1.54) is 12.8 Å². The van der Waals surface area contributed by atoms with E-state index in [4.69, 9.17) is 11.6 Å². The standard InChI is InChI=1S/C25H30ClN5O2/c1-28-11-9-20(10-12-28)29-13-15-30(16-14-29)24(32)23(18-5-3-2-4-6-18)31-22-8-7-19(26)17-21(22)27-25(31)33/h2-8,17,20,23H,9-16H2,1H3,(H,27,33). The molecule has 8 heteroatoms. The Morgan fingerprint density at radius 1 is 1.00 bits per heavy atom. The minimum atomic E-state index is -0.719. The highest BCUT2D eigenvalue weighted by Gasteiger charge is 2.34. The van der Waals surface area contributed by atoms with E-state index in [2.05, 4.69) is 21.8 Å². The molecule has 2 aromatic carbocycles. The van der Waals surface area contributed by atoms with E-state index in [1.807, 2.05) is 35.2 Å². The molecule has 1 aromatic heterocycles. The van der Waals surface area contributed by atoms with Gasteiger partial charge in [0.05, 0.1) is 11.0 Å². The van der Waals surface area contributed by atoms with Gasteiger partial charge in [0.15, 0.2) is 0 Å². The van der Waals surface area contributed by atoms with Gasteiger partial charge < -0.3 is 14.8 Å². The minimum absolute atomic E-state index is 0.0397. The molecule has 1 N–H and O–H groups in total. The van der Waals surface area contributed by atoms with Crippen LogP contribution in [0.25, 0.3) is 11.0 Å². The maximum Gasteiger partial charge on any atom is 0.327 e. The first kappa shape index (κ1) is 22.2. The molecule has 1 atom stereocenters. The predicted molar refractivity (Wildman–Crippen MR) is 131 cm³/mol. The highest BCUT2D eigenvalue weighted by atomic mass is 35.5.